The van der Waals surface area contributed by atoms with Crippen molar-refractivity contribution in [2.24, 2.45) is 5.92 Å². The Morgan fingerprint density at radius 3 is 2.69 bits per heavy atom. The average Bonchev–Trinajstić information content (AvgIpc) is 1.99. The second-order valence-electron chi connectivity index (χ2n) is 4.94. The number of hydrogen-bond acceptors (Lipinski definition) is 2. The van der Waals surface area contributed by atoms with Gasteiger partial charge in [0.15, 0.2) is 0 Å². The summed E-state index contributed by atoms with van der Waals surface area (Å²) in [6, 6.07) is 1.49. The van der Waals surface area contributed by atoms with E-state index in [1.165, 1.54) is 38.8 Å². The lowest BCUT2D eigenvalue weighted by Gasteiger charge is -2.40. The minimum atomic E-state index is 0.683. The lowest BCUT2D eigenvalue weighted by Crippen LogP contribution is -2.54. The minimum Gasteiger partial charge on any atom is -0.311 e. The second kappa shape index (κ2) is 3.97. The molecule has 76 valence electrons. The molecule has 2 unspecified atom stereocenters. The van der Waals surface area contributed by atoms with E-state index in [9.17, 15) is 0 Å². The molecule has 0 amide bonds. The van der Waals surface area contributed by atoms with Gasteiger partial charge in [0.2, 0.25) is 0 Å². The van der Waals surface area contributed by atoms with Crippen molar-refractivity contribution in [2.75, 3.05) is 20.1 Å². The number of rotatable bonds is 2. The average molecular weight is 182 g/mol. The molecule has 1 N–H and O–H groups in total. The van der Waals surface area contributed by atoms with Crippen molar-refractivity contribution in [1.29, 1.82) is 0 Å². The van der Waals surface area contributed by atoms with Gasteiger partial charge in [-0.25, -0.2) is 0 Å². The minimum absolute atomic E-state index is 0.683. The Morgan fingerprint density at radius 2 is 2.15 bits per heavy atom. The second-order valence-corrected chi connectivity index (χ2v) is 4.94. The highest BCUT2D eigenvalue weighted by Gasteiger charge is 2.27. The predicted octanol–water partition coefficient (Wildman–Crippen LogP) is 1.47. The molecule has 2 fully saturated rings. The first-order valence-corrected chi connectivity index (χ1v) is 5.69. The van der Waals surface area contributed by atoms with Gasteiger partial charge >= 0.3 is 0 Å². The van der Waals surface area contributed by atoms with Crippen molar-refractivity contribution in [1.82, 2.24) is 10.2 Å². The summed E-state index contributed by atoms with van der Waals surface area (Å²) in [7, 11) is 2.28. The van der Waals surface area contributed by atoms with Gasteiger partial charge in [-0.3, -0.25) is 0 Å². The van der Waals surface area contributed by atoms with Crippen molar-refractivity contribution < 1.29 is 0 Å². The van der Waals surface area contributed by atoms with Crippen LogP contribution < -0.4 is 5.32 Å². The summed E-state index contributed by atoms with van der Waals surface area (Å²) in [5.41, 5.74) is 0. The standard InChI is InChI=1S/C11H22N2/c1-9-8-13(2)11(7-12-9)6-10-4-3-5-10/h9-12H,3-8H2,1-2H3. The number of likely N-dealkylation sites (N-methyl/N-ethyl adjacent to an activating group) is 1. The van der Waals surface area contributed by atoms with Crippen molar-refractivity contribution in [3.8, 4) is 0 Å². The van der Waals surface area contributed by atoms with E-state index >= 15 is 0 Å². The van der Waals surface area contributed by atoms with Crippen LogP contribution >= 0.6 is 0 Å². The Balaban J connectivity index is 1.77. The molecule has 0 radical (unpaired) electrons. The highest BCUT2D eigenvalue weighted by Crippen LogP contribution is 2.31. The number of hydrogen-bond donors (Lipinski definition) is 1. The first kappa shape index (κ1) is 9.47. The zero-order chi connectivity index (χ0) is 9.26. The van der Waals surface area contributed by atoms with E-state index < -0.39 is 0 Å². The van der Waals surface area contributed by atoms with Gasteiger partial charge in [0.25, 0.3) is 0 Å². The van der Waals surface area contributed by atoms with Crippen LogP contribution in [-0.4, -0.2) is 37.1 Å². The van der Waals surface area contributed by atoms with Crippen LogP contribution in [0.5, 0.6) is 0 Å². The molecule has 1 saturated heterocycles. The Bertz CT molecular complexity index is 165. The topological polar surface area (TPSA) is 15.3 Å². The maximum absolute atomic E-state index is 3.57. The summed E-state index contributed by atoms with van der Waals surface area (Å²) in [6.07, 6.45) is 5.88. The van der Waals surface area contributed by atoms with E-state index in [0.29, 0.717) is 6.04 Å². The molecule has 2 aliphatic rings. The Kier molecular flexibility index (Phi) is 2.89. The quantitative estimate of drug-likeness (QED) is 0.695. The van der Waals surface area contributed by atoms with E-state index in [2.05, 4.69) is 24.2 Å². The fourth-order valence-corrected chi connectivity index (χ4v) is 2.52. The van der Waals surface area contributed by atoms with E-state index in [4.69, 9.17) is 0 Å². The summed E-state index contributed by atoms with van der Waals surface area (Å²) in [4.78, 5) is 2.54. The van der Waals surface area contributed by atoms with Gasteiger partial charge in [0.1, 0.15) is 0 Å². The first-order chi connectivity index (χ1) is 6.25. The van der Waals surface area contributed by atoms with E-state index in [1.807, 2.05) is 0 Å². The molecule has 0 bridgehead atoms. The van der Waals surface area contributed by atoms with Crippen LogP contribution in [0, 0.1) is 5.92 Å². The van der Waals surface area contributed by atoms with Crippen molar-refractivity contribution in [3.05, 3.63) is 0 Å². The molecule has 1 aliphatic carbocycles. The lowest BCUT2D eigenvalue weighted by molar-refractivity contribution is 0.125. The first-order valence-electron chi connectivity index (χ1n) is 5.69. The molecule has 2 rings (SSSR count). The summed E-state index contributed by atoms with van der Waals surface area (Å²) in [5.74, 6) is 1.04. The maximum atomic E-state index is 3.57. The van der Waals surface area contributed by atoms with Gasteiger partial charge in [-0.05, 0) is 26.3 Å². The Labute approximate surface area is 81.7 Å². The van der Waals surface area contributed by atoms with E-state index in [0.717, 1.165) is 12.0 Å². The normalized spacial score (nSPS) is 37.4. The molecule has 0 aromatic carbocycles. The van der Waals surface area contributed by atoms with Gasteiger partial charge in [-0.1, -0.05) is 19.3 Å². The lowest BCUT2D eigenvalue weighted by atomic mass is 9.80. The summed E-state index contributed by atoms with van der Waals surface area (Å²) in [6.45, 7) is 4.70. The van der Waals surface area contributed by atoms with Gasteiger partial charge in [-0.2, -0.15) is 0 Å². The van der Waals surface area contributed by atoms with Gasteiger partial charge < -0.3 is 10.2 Å². The molecule has 1 heterocycles. The molecule has 2 heteroatoms. The van der Waals surface area contributed by atoms with Crippen LogP contribution in [0.1, 0.15) is 32.6 Å². The molecule has 0 aromatic heterocycles. The zero-order valence-corrected chi connectivity index (χ0v) is 8.92. The smallest absolute Gasteiger partial charge is 0.0220 e. The summed E-state index contributed by atoms with van der Waals surface area (Å²) >= 11 is 0. The van der Waals surface area contributed by atoms with Crippen LogP contribution in [0.3, 0.4) is 0 Å². The molecule has 0 aromatic rings. The van der Waals surface area contributed by atoms with Gasteiger partial charge in [-0.15, -0.1) is 0 Å². The van der Waals surface area contributed by atoms with Crippen molar-refractivity contribution in [2.45, 2.75) is 44.7 Å². The van der Waals surface area contributed by atoms with Gasteiger partial charge in [0, 0.05) is 25.2 Å². The molecular weight excluding hydrogens is 160 g/mol. The monoisotopic (exact) mass is 182 g/mol. The maximum Gasteiger partial charge on any atom is 0.0220 e. The van der Waals surface area contributed by atoms with Gasteiger partial charge in [0.05, 0.1) is 0 Å². The largest absolute Gasteiger partial charge is 0.311 e. The molecular formula is C11H22N2. The fourth-order valence-electron chi connectivity index (χ4n) is 2.52. The summed E-state index contributed by atoms with van der Waals surface area (Å²) < 4.78 is 0. The van der Waals surface area contributed by atoms with Crippen LogP contribution in [-0.2, 0) is 0 Å². The van der Waals surface area contributed by atoms with Crippen LogP contribution in [0.15, 0.2) is 0 Å². The summed E-state index contributed by atoms with van der Waals surface area (Å²) in [5, 5.41) is 3.57. The third-order valence-electron chi connectivity index (χ3n) is 3.72. The zero-order valence-electron chi connectivity index (χ0n) is 8.92. The number of nitrogens with zero attached hydrogens (tertiary/aromatic N) is 1. The van der Waals surface area contributed by atoms with Crippen LogP contribution in [0.4, 0.5) is 0 Å². The van der Waals surface area contributed by atoms with E-state index in [-0.39, 0.29) is 0 Å². The fraction of sp³-hybridized carbons (Fsp3) is 1.00. The molecule has 1 aliphatic heterocycles. The molecule has 13 heavy (non-hydrogen) atoms. The van der Waals surface area contributed by atoms with Crippen LogP contribution in [0.2, 0.25) is 0 Å². The highest BCUT2D eigenvalue weighted by molar-refractivity contribution is 4.85. The Hall–Kier alpha value is -0.0800. The third-order valence-corrected chi connectivity index (χ3v) is 3.72. The predicted molar refractivity (Wildman–Crippen MR) is 55.8 cm³/mol. The molecule has 0 spiro atoms. The number of piperazine rings is 1. The highest BCUT2D eigenvalue weighted by atomic mass is 15.2. The third kappa shape index (κ3) is 2.23. The van der Waals surface area contributed by atoms with E-state index in [1.54, 1.807) is 0 Å². The molecule has 2 nitrogen and oxygen atoms in total. The van der Waals surface area contributed by atoms with Crippen molar-refractivity contribution in [3.63, 3.8) is 0 Å². The Morgan fingerprint density at radius 1 is 1.38 bits per heavy atom. The number of nitrogens with one attached hydrogen (secondary N) is 1. The SMILES string of the molecule is CC1CN(C)C(CC2CCC2)CN1. The molecule has 2 atom stereocenters. The van der Waals surface area contributed by atoms with Crippen molar-refractivity contribution >= 4 is 0 Å². The molecule has 1 saturated carbocycles. The van der Waals surface area contributed by atoms with Crippen LogP contribution in [0.25, 0.3) is 0 Å².